The van der Waals surface area contributed by atoms with Gasteiger partial charge in [0.1, 0.15) is 18.4 Å². The highest BCUT2D eigenvalue weighted by Crippen LogP contribution is 2.31. The molecule has 0 bridgehead atoms. The number of ether oxygens (including phenoxy) is 1. The molecule has 0 aliphatic rings. The number of aromatic nitrogens is 2. The molecule has 1 unspecified atom stereocenters. The molecule has 174 valence electrons. The van der Waals surface area contributed by atoms with E-state index in [0.717, 1.165) is 19.3 Å². The number of nitrogens with zero attached hydrogens (tertiary/aromatic N) is 3. The minimum Gasteiger partial charge on any atom is -0.491 e. The van der Waals surface area contributed by atoms with Gasteiger partial charge in [0.2, 0.25) is 0 Å². The molecule has 1 aromatic carbocycles. The van der Waals surface area contributed by atoms with Crippen molar-refractivity contribution in [2.24, 2.45) is 0 Å². The maximum Gasteiger partial charge on any atom is 0.405 e. The van der Waals surface area contributed by atoms with Gasteiger partial charge < -0.3 is 15.4 Å². The Bertz CT molecular complexity index is 1170. The number of benzene rings is 1. The number of rotatable bonds is 8. The average molecular weight is 459 g/mol. The summed E-state index contributed by atoms with van der Waals surface area (Å²) in [6.07, 6.45) is 1.55. The van der Waals surface area contributed by atoms with E-state index in [1.807, 2.05) is 6.92 Å². The molecule has 7 nitrogen and oxygen atoms in total. The number of nitriles is 1. The monoisotopic (exact) mass is 459 g/mol. The molecule has 3 aromatic rings. The third kappa shape index (κ3) is 6.38. The molecular formula is C23H24F3N5O2. The lowest BCUT2D eigenvalue weighted by Gasteiger charge is -2.17. The number of alkyl halides is 3. The number of amides is 2. The number of unbranched alkanes of at least 4 members (excludes halogenated alkanes) is 1. The smallest absolute Gasteiger partial charge is 0.405 e. The SMILES string of the molecule is CCCCC(C)Oc1cc(NC(=O)NCC(F)(F)F)cc(-c2cnc3c(C#N)cccn23)c1. The molecule has 0 saturated heterocycles. The molecule has 2 amide bonds. The summed E-state index contributed by atoms with van der Waals surface area (Å²) < 4.78 is 45.0. The van der Waals surface area contributed by atoms with Crippen molar-refractivity contribution in [3.8, 4) is 23.1 Å². The average Bonchev–Trinajstić information content (AvgIpc) is 3.20. The van der Waals surface area contributed by atoms with E-state index in [1.165, 1.54) is 0 Å². The van der Waals surface area contributed by atoms with Crippen LogP contribution in [-0.4, -0.2) is 34.2 Å². The molecule has 10 heteroatoms. The first-order valence-electron chi connectivity index (χ1n) is 10.5. The summed E-state index contributed by atoms with van der Waals surface area (Å²) in [4.78, 5) is 16.3. The maximum atomic E-state index is 12.4. The number of halogens is 3. The van der Waals surface area contributed by atoms with E-state index in [2.05, 4.69) is 23.3 Å². The van der Waals surface area contributed by atoms with Crippen molar-refractivity contribution in [2.45, 2.75) is 45.4 Å². The van der Waals surface area contributed by atoms with E-state index in [-0.39, 0.29) is 11.8 Å². The van der Waals surface area contributed by atoms with Crippen LogP contribution in [-0.2, 0) is 0 Å². The fourth-order valence-corrected chi connectivity index (χ4v) is 3.34. The van der Waals surface area contributed by atoms with Gasteiger partial charge in [-0.3, -0.25) is 4.40 Å². The summed E-state index contributed by atoms with van der Waals surface area (Å²) in [5.41, 5.74) is 2.37. The molecule has 3 rings (SSSR count). The maximum absolute atomic E-state index is 12.4. The summed E-state index contributed by atoms with van der Waals surface area (Å²) in [6, 6.07) is 9.41. The van der Waals surface area contributed by atoms with Crippen LogP contribution < -0.4 is 15.4 Å². The molecule has 0 aliphatic carbocycles. The predicted molar refractivity (Wildman–Crippen MR) is 118 cm³/mol. The first-order chi connectivity index (χ1) is 15.7. The van der Waals surface area contributed by atoms with Crippen molar-refractivity contribution in [3.05, 3.63) is 48.3 Å². The minimum absolute atomic E-state index is 0.0977. The number of hydrogen-bond donors (Lipinski definition) is 2. The van der Waals surface area contributed by atoms with E-state index in [4.69, 9.17) is 4.74 Å². The second-order valence-corrected chi connectivity index (χ2v) is 7.61. The number of nitrogens with one attached hydrogen (secondary N) is 2. The van der Waals surface area contributed by atoms with Gasteiger partial charge in [0, 0.05) is 23.5 Å². The van der Waals surface area contributed by atoms with Gasteiger partial charge in [0.15, 0.2) is 5.65 Å². The molecule has 0 radical (unpaired) electrons. The number of pyridine rings is 1. The van der Waals surface area contributed by atoms with Crippen LogP contribution in [0.5, 0.6) is 5.75 Å². The fraction of sp³-hybridized carbons (Fsp3) is 0.348. The van der Waals surface area contributed by atoms with Crippen molar-refractivity contribution in [1.82, 2.24) is 14.7 Å². The molecule has 0 aliphatic heterocycles. The fourth-order valence-electron chi connectivity index (χ4n) is 3.34. The van der Waals surface area contributed by atoms with Gasteiger partial charge in [-0.1, -0.05) is 19.8 Å². The largest absolute Gasteiger partial charge is 0.491 e. The first-order valence-corrected chi connectivity index (χ1v) is 10.5. The van der Waals surface area contributed by atoms with Gasteiger partial charge in [-0.15, -0.1) is 0 Å². The Balaban J connectivity index is 1.95. The van der Waals surface area contributed by atoms with E-state index >= 15 is 0 Å². The van der Waals surface area contributed by atoms with Crippen molar-refractivity contribution < 1.29 is 22.7 Å². The number of hydrogen-bond acceptors (Lipinski definition) is 4. The summed E-state index contributed by atoms with van der Waals surface area (Å²) >= 11 is 0. The number of imidazole rings is 1. The number of fused-ring (bicyclic) bond motifs is 1. The number of urea groups is 1. The van der Waals surface area contributed by atoms with E-state index in [9.17, 15) is 23.2 Å². The van der Waals surface area contributed by atoms with Crippen molar-refractivity contribution in [1.29, 1.82) is 5.26 Å². The summed E-state index contributed by atoms with van der Waals surface area (Å²) in [5.74, 6) is 0.452. The Labute approximate surface area is 189 Å². The molecule has 0 saturated carbocycles. The van der Waals surface area contributed by atoms with E-state index in [1.54, 1.807) is 52.4 Å². The lowest BCUT2D eigenvalue weighted by atomic mass is 10.1. The molecule has 0 fully saturated rings. The van der Waals surface area contributed by atoms with Crippen LogP contribution >= 0.6 is 0 Å². The highest BCUT2D eigenvalue weighted by atomic mass is 19.4. The standard InChI is InChI=1S/C23H24F3N5O2/c1-3-4-6-15(2)33-19-10-17(9-18(11-19)30-22(32)29-14-23(24,25)26)20-13-28-21-16(12-27)7-5-8-31(20)21/h5,7-11,13,15H,3-4,6,14H2,1-2H3,(H2,29,30,32). The third-order valence-electron chi connectivity index (χ3n) is 4.87. The zero-order valence-electron chi connectivity index (χ0n) is 18.2. The quantitative estimate of drug-likeness (QED) is 0.464. The Morgan fingerprint density at radius 2 is 2.12 bits per heavy atom. The molecule has 1 atom stereocenters. The van der Waals surface area contributed by atoms with Crippen LogP contribution in [0.25, 0.3) is 16.9 Å². The first kappa shape index (κ1) is 23.9. The van der Waals surface area contributed by atoms with Crippen LogP contribution in [0.1, 0.15) is 38.7 Å². The molecule has 33 heavy (non-hydrogen) atoms. The zero-order valence-corrected chi connectivity index (χ0v) is 18.2. The number of carbonyl (C=O) groups excluding carboxylic acids is 1. The van der Waals surface area contributed by atoms with E-state index < -0.39 is 18.8 Å². The summed E-state index contributed by atoms with van der Waals surface area (Å²) in [7, 11) is 0. The van der Waals surface area contributed by atoms with Gasteiger partial charge in [0.05, 0.1) is 23.6 Å². The second kappa shape index (κ2) is 10.3. The van der Waals surface area contributed by atoms with Crippen LogP contribution in [0.15, 0.2) is 42.7 Å². The lowest BCUT2D eigenvalue weighted by Crippen LogP contribution is -2.36. The third-order valence-corrected chi connectivity index (χ3v) is 4.87. The van der Waals surface area contributed by atoms with Crippen LogP contribution in [0.2, 0.25) is 0 Å². The van der Waals surface area contributed by atoms with Gasteiger partial charge in [-0.2, -0.15) is 18.4 Å². The molecule has 0 spiro atoms. The molecule has 2 aromatic heterocycles. The van der Waals surface area contributed by atoms with Crippen molar-refractivity contribution in [3.63, 3.8) is 0 Å². The van der Waals surface area contributed by atoms with Crippen LogP contribution in [0.3, 0.4) is 0 Å². The highest BCUT2D eigenvalue weighted by Gasteiger charge is 2.27. The minimum atomic E-state index is -4.52. The molecular weight excluding hydrogens is 435 g/mol. The Morgan fingerprint density at radius 3 is 2.82 bits per heavy atom. The number of carbonyl (C=O) groups is 1. The Morgan fingerprint density at radius 1 is 1.33 bits per heavy atom. The van der Waals surface area contributed by atoms with E-state index in [0.29, 0.717) is 28.2 Å². The highest BCUT2D eigenvalue weighted by molar-refractivity contribution is 5.90. The molecule has 2 heterocycles. The summed E-state index contributed by atoms with van der Waals surface area (Å²) in [6.45, 7) is 2.56. The number of anilines is 1. The topological polar surface area (TPSA) is 91.4 Å². The zero-order chi connectivity index (χ0) is 24.0. The van der Waals surface area contributed by atoms with Crippen LogP contribution in [0.4, 0.5) is 23.7 Å². The van der Waals surface area contributed by atoms with Crippen LogP contribution in [0, 0.1) is 11.3 Å². The Kier molecular flexibility index (Phi) is 7.43. The second-order valence-electron chi connectivity index (χ2n) is 7.61. The van der Waals surface area contributed by atoms with Crippen molar-refractivity contribution >= 4 is 17.4 Å². The van der Waals surface area contributed by atoms with Gasteiger partial charge in [0.25, 0.3) is 0 Å². The Hall–Kier alpha value is -3.74. The summed E-state index contributed by atoms with van der Waals surface area (Å²) in [5, 5.41) is 13.5. The predicted octanol–water partition coefficient (Wildman–Crippen LogP) is 5.51. The van der Waals surface area contributed by atoms with Gasteiger partial charge in [-0.05, 0) is 37.6 Å². The molecule has 2 N–H and O–H groups in total. The van der Waals surface area contributed by atoms with Crippen molar-refractivity contribution in [2.75, 3.05) is 11.9 Å². The van der Waals surface area contributed by atoms with Gasteiger partial charge >= 0.3 is 12.2 Å². The lowest BCUT2D eigenvalue weighted by molar-refractivity contribution is -0.122. The van der Waals surface area contributed by atoms with Gasteiger partial charge in [-0.25, -0.2) is 9.78 Å². The normalized spacial score (nSPS) is 12.2.